The fourth-order valence-electron chi connectivity index (χ4n) is 1.17. The summed E-state index contributed by atoms with van der Waals surface area (Å²) in [5.74, 6) is 1.79. The van der Waals surface area contributed by atoms with Crippen LogP contribution in [-0.2, 0) is 11.8 Å². The maximum atomic E-state index is 5.67. The summed E-state index contributed by atoms with van der Waals surface area (Å²) in [6, 6.07) is 0. The number of rotatable bonds is 5. The van der Waals surface area contributed by atoms with E-state index in [9.17, 15) is 0 Å². The van der Waals surface area contributed by atoms with E-state index in [4.69, 9.17) is 10.2 Å². The Balaban J connectivity index is 2.67. The summed E-state index contributed by atoms with van der Waals surface area (Å²) in [6.45, 7) is 7.18. The molecule has 0 bridgehead atoms. The molecular formula is C11H20N2O. The minimum Gasteiger partial charge on any atom is -0.445 e. The first-order valence-electron chi connectivity index (χ1n) is 5.25. The minimum atomic E-state index is 0.0912. The second-order valence-corrected chi connectivity index (χ2v) is 4.25. The molecule has 1 heterocycles. The zero-order valence-electron chi connectivity index (χ0n) is 9.34. The number of nitrogens with zero attached hydrogens (tertiary/aromatic N) is 1. The monoisotopic (exact) mass is 196 g/mol. The number of hydrogen-bond donors (Lipinski definition) is 1. The summed E-state index contributed by atoms with van der Waals surface area (Å²) in [7, 11) is 0. The van der Waals surface area contributed by atoms with Crippen molar-refractivity contribution in [2.75, 3.05) is 6.54 Å². The van der Waals surface area contributed by atoms with Crippen molar-refractivity contribution >= 4 is 0 Å². The number of aromatic nitrogens is 1. The van der Waals surface area contributed by atoms with Gasteiger partial charge in [-0.2, -0.15) is 0 Å². The molecule has 0 spiro atoms. The van der Waals surface area contributed by atoms with Gasteiger partial charge in [0, 0.05) is 11.8 Å². The van der Waals surface area contributed by atoms with Gasteiger partial charge in [-0.25, -0.2) is 4.98 Å². The molecule has 0 saturated carbocycles. The van der Waals surface area contributed by atoms with Crippen molar-refractivity contribution in [3.63, 3.8) is 0 Å². The van der Waals surface area contributed by atoms with E-state index in [2.05, 4.69) is 25.8 Å². The molecule has 0 saturated heterocycles. The largest absolute Gasteiger partial charge is 0.445 e. The van der Waals surface area contributed by atoms with E-state index in [0.717, 1.165) is 30.9 Å². The van der Waals surface area contributed by atoms with Gasteiger partial charge in [-0.3, -0.25) is 0 Å². The molecule has 0 aliphatic carbocycles. The van der Waals surface area contributed by atoms with Crippen LogP contribution in [0.3, 0.4) is 0 Å². The van der Waals surface area contributed by atoms with Crippen LogP contribution in [0.1, 0.15) is 45.3 Å². The first-order valence-corrected chi connectivity index (χ1v) is 5.25. The Morgan fingerprint density at radius 1 is 1.50 bits per heavy atom. The van der Waals surface area contributed by atoms with Crippen molar-refractivity contribution in [1.29, 1.82) is 0 Å². The maximum absolute atomic E-state index is 5.67. The van der Waals surface area contributed by atoms with Gasteiger partial charge in [-0.15, -0.1) is 0 Å². The summed E-state index contributed by atoms with van der Waals surface area (Å²) >= 11 is 0. The fraction of sp³-hybridized carbons (Fsp3) is 0.727. The molecule has 1 aromatic heterocycles. The minimum absolute atomic E-state index is 0.0912. The molecule has 0 aliphatic heterocycles. The molecule has 3 heteroatoms. The van der Waals surface area contributed by atoms with E-state index in [0.29, 0.717) is 6.54 Å². The second-order valence-electron chi connectivity index (χ2n) is 4.25. The zero-order chi connectivity index (χ0) is 10.6. The Morgan fingerprint density at radius 3 is 2.79 bits per heavy atom. The molecule has 0 aromatic carbocycles. The summed E-state index contributed by atoms with van der Waals surface area (Å²) in [4.78, 5) is 4.25. The third-order valence-corrected chi connectivity index (χ3v) is 2.70. The van der Waals surface area contributed by atoms with Crippen LogP contribution >= 0.6 is 0 Å². The first kappa shape index (κ1) is 11.2. The Morgan fingerprint density at radius 2 is 2.21 bits per heavy atom. The third kappa shape index (κ3) is 2.58. The van der Waals surface area contributed by atoms with Gasteiger partial charge in [0.05, 0.1) is 6.20 Å². The average Bonchev–Trinajstić information content (AvgIpc) is 2.63. The average molecular weight is 196 g/mol. The Hall–Kier alpha value is -0.830. The van der Waals surface area contributed by atoms with Crippen LogP contribution < -0.4 is 5.73 Å². The topological polar surface area (TPSA) is 52.0 Å². The normalized spacial score (nSPS) is 12.0. The number of nitrogens with two attached hydrogens (primary N) is 1. The second kappa shape index (κ2) is 4.60. The highest BCUT2D eigenvalue weighted by Crippen LogP contribution is 2.27. The van der Waals surface area contributed by atoms with Gasteiger partial charge in [0.15, 0.2) is 5.89 Å². The highest BCUT2D eigenvalue weighted by atomic mass is 16.4. The molecule has 0 amide bonds. The molecule has 14 heavy (non-hydrogen) atoms. The van der Waals surface area contributed by atoms with Gasteiger partial charge in [-0.05, 0) is 19.4 Å². The van der Waals surface area contributed by atoms with Crippen molar-refractivity contribution in [3.8, 4) is 0 Å². The van der Waals surface area contributed by atoms with Gasteiger partial charge < -0.3 is 10.2 Å². The molecule has 2 N–H and O–H groups in total. The molecule has 0 aliphatic rings. The zero-order valence-corrected chi connectivity index (χ0v) is 9.34. The van der Waals surface area contributed by atoms with Gasteiger partial charge in [0.1, 0.15) is 5.76 Å². The van der Waals surface area contributed by atoms with Crippen molar-refractivity contribution in [3.05, 3.63) is 17.8 Å². The SMILES string of the molecule is CCC(C)(C)c1cnc(CCCN)o1. The quantitative estimate of drug-likeness (QED) is 0.785. The molecule has 0 unspecified atom stereocenters. The van der Waals surface area contributed by atoms with Crippen LogP contribution in [0.25, 0.3) is 0 Å². The van der Waals surface area contributed by atoms with Gasteiger partial charge in [0.25, 0.3) is 0 Å². The lowest BCUT2D eigenvalue weighted by Gasteiger charge is -2.18. The van der Waals surface area contributed by atoms with Crippen molar-refractivity contribution in [2.45, 2.75) is 45.4 Å². The number of oxazole rings is 1. The lowest BCUT2D eigenvalue weighted by atomic mass is 9.88. The Bertz CT molecular complexity index is 279. The van der Waals surface area contributed by atoms with E-state index >= 15 is 0 Å². The summed E-state index contributed by atoms with van der Waals surface area (Å²) in [5, 5.41) is 0. The molecular weight excluding hydrogens is 176 g/mol. The number of aryl methyl sites for hydroxylation is 1. The third-order valence-electron chi connectivity index (χ3n) is 2.70. The highest BCUT2D eigenvalue weighted by Gasteiger charge is 2.22. The molecule has 1 aromatic rings. The summed E-state index contributed by atoms with van der Waals surface area (Å²) < 4.78 is 5.67. The molecule has 0 fully saturated rings. The van der Waals surface area contributed by atoms with Crippen LogP contribution in [0.15, 0.2) is 10.6 Å². The van der Waals surface area contributed by atoms with Gasteiger partial charge in [0.2, 0.25) is 0 Å². The van der Waals surface area contributed by atoms with Crippen molar-refractivity contribution < 1.29 is 4.42 Å². The maximum Gasteiger partial charge on any atom is 0.194 e. The molecule has 80 valence electrons. The van der Waals surface area contributed by atoms with Gasteiger partial charge >= 0.3 is 0 Å². The van der Waals surface area contributed by atoms with Crippen molar-refractivity contribution in [1.82, 2.24) is 4.98 Å². The van der Waals surface area contributed by atoms with E-state index in [1.807, 2.05) is 6.20 Å². The summed E-state index contributed by atoms with van der Waals surface area (Å²) in [5.41, 5.74) is 5.52. The first-order chi connectivity index (χ1) is 6.60. The highest BCUT2D eigenvalue weighted by molar-refractivity contribution is 5.07. The van der Waals surface area contributed by atoms with Crippen LogP contribution in [0.4, 0.5) is 0 Å². The number of hydrogen-bond acceptors (Lipinski definition) is 3. The lowest BCUT2D eigenvalue weighted by molar-refractivity contribution is 0.354. The van der Waals surface area contributed by atoms with E-state index in [-0.39, 0.29) is 5.41 Å². The Kier molecular flexibility index (Phi) is 3.69. The smallest absolute Gasteiger partial charge is 0.194 e. The predicted molar refractivity (Wildman–Crippen MR) is 57.2 cm³/mol. The molecule has 1 rings (SSSR count). The fourth-order valence-corrected chi connectivity index (χ4v) is 1.17. The Labute approximate surface area is 85.7 Å². The summed E-state index contributed by atoms with van der Waals surface area (Å²) in [6.07, 6.45) is 4.68. The van der Waals surface area contributed by atoms with Crippen LogP contribution in [-0.4, -0.2) is 11.5 Å². The van der Waals surface area contributed by atoms with Crippen LogP contribution in [0.2, 0.25) is 0 Å². The molecule has 0 radical (unpaired) electrons. The molecule has 3 nitrogen and oxygen atoms in total. The van der Waals surface area contributed by atoms with E-state index in [1.54, 1.807) is 0 Å². The van der Waals surface area contributed by atoms with Crippen LogP contribution in [0.5, 0.6) is 0 Å². The standard InChI is InChI=1S/C11H20N2O/c1-4-11(2,3)9-8-13-10(14-9)6-5-7-12/h8H,4-7,12H2,1-3H3. The lowest BCUT2D eigenvalue weighted by Crippen LogP contribution is -2.14. The van der Waals surface area contributed by atoms with Crippen molar-refractivity contribution in [2.24, 2.45) is 5.73 Å². The van der Waals surface area contributed by atoms with Gasteiger partial charge in [-0.1, -0.05) is 20.8 Å². The predicted octanol–water partition coefficient (Wildman–Crippen LogP) is 2.25. The van der Waals surface area contributed by atoms with Crippen LogP contribution in [0, 0.1) is 0 Å². The van der Waals surface area contributed by atoms with E-state index in [1.165, 1.54) is 0 Å². The van der Waals surface area contributed by atoms with E-state index < -0.39 is 0 Å². The molecule has 0 atom stereocenters.